The molecule has 1 aromatic heterocycles. The summed E-state index contributed by atoms with van der Waals surface area (Å²) in [5.41, 5.74) is 0.0771. The zero-order valence-electron chi connectivity index (χ0n) is 15.2. The van der Waals surface area contributed by atoms with Crippen molar-refractivity contribution < 1.29 is 9.53 Å². The maximum absolute atomic E-state index is 12.8. The molecule has 0 saturated heterocycles. The lowest BCUT2D eigenvalue weighted by atomic mass is 9.53. The summed E-state index contributed by atoms with van der Waals surface area (Å²) in [5, 5.41) is 12.1. The number of nitrogens with zero attached hydrogens (tertiary/aromatic N) is 2. The molecule has 0 radical (unpaired) electrons. The topological polar surface area (TPSA) is 64.1 Å². The summed E-state index contributed by atoms with van der Waals surface area (Å²) in [4.78, 5) is 12.8. The summed E-state index contributed by atoms with van der Waals surface area (Å²) in [7, 11) is 0. The Hall–Kier alpha value is -0.820. The molecule has 138 valence electrons. The lowest BCUT2D eigenvalue weighted by Gasteiger charge is -2.57. The summed E-state index contributed by atoms with van der Waals surface area (Å²) in [6, 6.07) is 0. The molecule has 1 heterocycles. The third-order valence-electron chi connectivity index (χ3n) is 5.80. The molecule has 1 amide bonds. The van der Waals surface area contributed by atoms with Gasteiger partial charge in [-0.15, -0.1) is 5.10 Å². The fourth-order valence-corrected chi connectivity index (χ4v) is 7.27. The first-order valence-electron chi connectivity index (χ1n) is 9.39. The molecule has 4 aliphatic rings. The van der Waals surface area contributed by atoms with E-state index in [9.17, 15) is 4.79 Å². The summed E-state index contributed by atoms with van der Waals surface area (Å²) in [6.45, 7) is 5.90. The summed E-state index contributed by atoms with van der Waals surface area (Å²) in [5.74, 6) is 2.67. The van der Waals surface area contributed by atoms with Crippen molar-refractivity contribution in [3.05, 3.63) is 0 Å². The smallest absolute Gasteiger partial charge is 0.295 e. The van der Waals surface area contributed by atoms with E-state index in [1.807, 2.05) is 20.8 Å². The van der Waals surface area contributed by atoms with E-state index >= 15 is 0 Å². The SMILES string of the molecule is CC(C)Oc1nnc(SC(C)C(=O)NC23CC4CC(CC(C4)C2)C3)s1. The quantitative estimate of drug-likeness (QED) is 0.757. The average Bonchev–Trinajstić information content (AvgIpc) is 2.91. The van der Waals surface area contributed by atoms with Gasteiger partial charge in [0.15, 0.2) is 4.34 Å². The Morgan fingerprint density at radius 1 is 1.16 bits per heavy atom. The van der Waals surface area contributed by atoms with E-state index in [1.165, 1.54) is 61.6 Å². The molecule has 25 heavy (non-hydrogen) atoms. The fraction of sp³-hybridized carbons (Fsp3) is 0.833. The number of thioether (sulfide) groups is 1. The number of ether oxygens (including phenoxy) is 1. The number of carbonyl (C=O) groups is 1. The van der Waals surface area contributed by atoms with E-state index in [4.69, 9.17) is 4.74 Å². The van der Waals surface area contributed by atoms with Crippen LogP contribution in [0.4, 0.5) is 0 Å². The van der Waals surface area contributed by atoms with Gasteiger partial charge >= 0.3 is 0 Å². The van der Waals surface area contributed by atoms with Crippen molar-refractivity contribution in [2.45, 2.75) is 80.5 Å². The molecule has 4 bridgehead atoms. The summed E-state index contributed by atoms with van der Waals surface area (Å²) in [6.07, 6.45) is 7.82. The van der Waals surface area contributed by atoms with Crippen molar-refractivity contribution in [3.63, 3.8) is 0 Å². The molecule has 1 N–H and O–H groups in total. The van der Waals surface area contributed by atoms with Crippen molar-refractivity contribution in [2.24, 2.45) is 17.8 Å². The maximum Gasteiger partial charge on any atom is 0.295 e. The standard InChI is InChI=1S/C18H27N3O2S2/c1-10(2)23-16-20-21-17(25-16)24-11(3)15(22)19-18-7-12-4-13(8-18)6-14(5-12)9-18/h10-14H,4-9H2,1-3H3,(H,19,22). The Morgan fingerprint density at radius 3 is 2.32 bits per heavy atom. The molecular formula is C18H27N3O2S2. The first kappa shape index (κ1) is 17.6. The van der Waals surface area contributed by atoms with Crippen LogP contribution in [0.3, 0.4) is 0 Å². The Labute approximate surface area is 157 Å². The number of hydrogen-bond acceptors (Lipinski definition) is 6. The average molecular weight is 382 g/mol. The van der Waals surface area contributed by atoms with Crippen LogP contribution < -0.4 is 10.1 Å². The van der Waals surface area contributed by atoms with Crippen LogP contribution in [0.5, 0.6) is 5.19 Å². The largest absolute Gasteiger partial charge is 0.466 e. The zero-order valence-corrected chi connectivity index (χ0v) is 16.8. The minimum absolute atomic E-state index is 0.0771. The first-order chi connectivity index (χ1) is 11.9. The van der Waals surface area contributed by atoms with Crippen molar-refractivity contribution in [3.8, 4) is 5.19 Å². The van der Waals surface area contributed by atoms with Crippen LogP contribution in [0.15, 0.2) is 4.34 Å². The first-order valence-corrected chi connectivity index (χ1v) is 11.1. The minimum atomic E-state index is -0.159. The Balaban J connectivity index is 1.35. The molecule has 4 saturated carbocycles. The van der Waals surface area contributed by atoms with Gasteiger partial charge in [0.25, 0.3) is 5.19 Å². The Morgan fingerprint density at radius 2 is 1.76 bits per heavy atom. The highest BCUT2D eigenvalue weighted by Gasteiger charge is 2.51. The van der Waals surface area contributed by atoms with E-state index in [1.54, 1.807) is 0 Å². The lowest BCUT2D eigenvalue weighted by Crippen LogP contribution is -2.60. The second kappa shape index (κ2) is 6.72. The van der Waals surface area contributed by atoms with E-state index < -0.39 is 0 Å². The van der Waals surface area contributed by atoms with Crippen molar-refractivity contribution >= 4 is 29.0 Å². The van der Waals surface area contributed by atoms with Crippen molar-refractivity contribution in [1.29, 1.82) is 0 Å². The molecule has 1 aromatic rings. The highest BCUT2D eigenvalue weighted by molar-refractivity contribution is 8.02. The number of aromatic nitrogens is 2. The van der Waals surface area contributed by atoms with E-state index in [0.717, 1.165) is 22.1 Å². The van der Waals surface area contributed by atoms with Gasteiger partial charge in [-0.25, -0.2) is 0 Å². The molecule has 0 spiro atoms. The van der Waals surface area contributed by atoms with Crippen LogP contribution in [0, 0.1) is 17.8 Å². The third kappa shape index (κ3) is 3.82. The van der Waals surface area contributed by atoms with E-state index in [0.29, 0.717) is 5.19 Å². The number of amides is 1. The number of nitrogens with one attached hydrogen (secondary N) is 1. The minimum Gasteiger partial charge on any atom is -0.466 e. The fourth-order valence-electron chi connectivity index (χ4n) is 5.33. The van der Waals surface area contributed by atoms with Crippen LogP contribution in [0.2, 0.25) is 0 Å². The molecule has 5 nitrogen and oxygen atoms in total. The molecule has 4 fully saturated rings. The van der Waals surface area contributed by atoms with Gasteiger partial charge in [-0.1, -0.05) is 16.9 Å². The van der Waals surface area contributed by atoms with Crippen molar-refractivity contribution in [2.75, 3.05) is 0 Å². The van der Waals surface area contributed by atoms with Crippen LogP contribution in [0.1, 0.15) is 59.3 Å². The van der Waals surface area contributed by atoms with E-state index in [-0.39, 0.29) is 22.8 Å². The van der Waals surface area contributed by atoms with Gasteiger partial charge in [0.2, 0.25) is 5.91 Å². The van der Waals surface area contributed by atoms with Gasteiger partial charge in [-0.05, 0) is 88.4 Å². The second-order valence-electron chi connectivity index (χ2n) is 8.45. The van der Waals surface area contributed by atoms with Crippen LogP contribution >= 0.6 is 23.1 Å². The second-order valence-corrected chi connectivity index (χ2v) is 11.0. The highest BCUT2D eigenvalue weighted by Crippen LogP contribution is 2.55. The van der Waals surface area contributed by atoms with Gasteiger partial charge < -0.3 is 10.1 Å². The lowest BCUT2D eigenvalue weighted by molar-refractivity contribution is -0.126. The monoisotopic (exact) mass is 381 g/mol. The maximum atomic E-state index is 12.8. The molecule has 1 atom stereocenters. The van der Waals surface area contributed by atoms with Gasteiger partial charge in [0, 0.05) is 5.54 Å². The predicted octanol–water partition coefficient (Wildman–Crippen LogP) is 3.89. The van der Waals surface area contributed by atoms with E-state index in [2.05, 4.69) is 15.5 Å². The normalized spacial score (nSPS) is 34.3. The van der Waals surface area contributed by atoms with Crippen LogP contribution in [-0.2, 0) is 4.79 Å². The van der Waals surface area contributed by atoms with Gasteiger partial charge in [-0.3, -0.25) is 4.79 Å². The highest BCUT2D eigenvalue weighted by atomic mass is 32.2. The Bertz CT molecular complexity index is 611. The third-order valence-corrected chi connectivity index (χ3v) is 7.80. The Kier molecular flexibility index (Phi) is 4.73. The number of carbonyl (C=O) groups excluding carboxylic acids is 1. The molecule has 4 aliphatic carbocycles. The molecule has 0 aliphatic heterocycles. The molecule has 0 aromatic carbocycles. The molecule has 5 rings (SSSR count). The van der Waals surface area contributed by atoms with Crippen LogP contribution in [0.25, 0.3) is 0 Å². The summed E-state index contributed by atoms with van der Waals surface area (Å²) >= 11 is 2.90. The zero-order chi connectivity index (χ0) is 17.6. The number of rotatable bonds is 6. The van der Waals surface area contributed by atoms with Crippen molar-refractivity contribution in [1.82, 2.24) is 15.5 Å². The molecule has 1 unspecified atom stereocenters. The summed E-state index contributed by atoms with van der Waals surface area (Å²) < 4.78 is 6.35. The van der Waals surface area contributed by atoms with Crippen LogP contribution in [-0.4, -0.2) is 33.0 Å². The number of hydrogen-bond donors (Lipinski definition) is 1. The van der Waals surface area contributed by atoms with Gasteiger partial charge in [0.1, 0.15) is 0 Å². The molecular weight excluding hydrogens is 354 g/mol. The molecule has 7 heteroatoms. The van der Waals surface area contributed by atoms with Gasteiger partial charge in [-0.2, -0.15) is 0 Å². The van der Waals surface area contributed by atoms with Gasteiger partial charge in [0.05, 0.1) is 11.4 Å². The predicted molar refractivity (Wildman–Crippen MR) is 100 cm³/mol.